The fourth-order valence-corrected chi connectivity index (χ4v) is 6.63. The van der Waals surface area contributed by atoms with Gasteiger partial charge in [-0.15, -0.1) is 0 Å². The van der Waals surface area contributed by atoms with E-state index in [9.17, 15) is 22.6 Å². The molecule has 1 rings (SSSR count). The van der Waals surface area contributed by atoms with Gasteiger partial charge in [0, 0.05) is 0 Å². The maximum absolute atomic E-state index is 13.0. The van der Waals surface area contributed by atoms with E-state index in [4.69, 9.17) is 9.47 Å². The lowest BCUT2D eigenvalue weighted by Crippen LogP contribution is -2.19. The summed E-state index contributed by atoms with van der Waals surface area (Å²) in [6.45, 7) is 4.72. The van der Waals surface area contributed by atoms with Gasteiger partial charge in [0.05, 0.1) is 24.3 Å². The van der Waals surface area contributed by atoms with Gasteiger partial charge >= 0.3 is 11.9 Å². The van der Waals surface area contributed by atoms with Crippen molar-refractivity contribution in [3.63, 3.8) is 0 Å². The number of ether oxygens (including phenoxy) is 2. The Morgan fingerprint density at radius 2 is 0.900 bits per heavy atom. The van der Waals surface area contributed by atoms with Crippen LogP contribution in [0.25, 0.3) is 0 Å². The zero-order valence-corrected chi connectivity index (χ0v) is 32.5. The van der Waals surface area contributed by atoms with Crippen LogP contribution in [0.4, 0.5) is 0 Å². The van der Waals surface area contributed by atoms with Gasteiger partial charge in [-0.25, -0.2) is 9.59 Å². The number of carbonyl (C=O) groups excluding carboxylic acids is 2. The van der Waals surface area contributed by atoms with Crippen LogP contribution in [-0.4, -0.2) is 38.1 Å². The highest BCUT2D eigenvalue weighted by Crippen LogP contribution is 2.23. The van der Waals surface area contributed by atoms with Gasteiger partial charge in [-0.1, -0.05) is 160 Å². The molecule has 0 heterocycles. The molecule has 0 spiro atoms. The highest BCUT2D eigenvalue weighted by atomic mass is 32.2. The molecular weight excluding hydrogens is 649 g/mol. The summed E-state index contributed by atoms with van der Waals surface area (Å²) in [6, 6.07) is 3.74. The molecule has 50 heavy (non-hydrogen) atoms. The Balaban J connectivity index is 2.29. The molecule has 0 saturated heterocycles. The highest BCUT2D eigenvalue weighted by Gasteiger charge is 2.28. The van der Waals surface area contributed by atoms with Gasteiger partial charge < -0.3 is 9.47 Å². The van der Waals surface area contributed by atoms with Crippen LogP contribution >= 0.6 is 0 Å². The summed E-state index contributed by atoms with van der Waals surface area (Å²) in [7, 11) is -4.76. The molecule has 0 amide bonds. The summed E-state index contributed by atoms with van der Waals surface area (Å²) in [5.74, 6) is -1.75. The fraction of sp³-hybridized carbons (Fsp3) is 0.714. The predicted molar refractivity (Wildman–Crippen MR) is 206 cm³/mol. The normalized spacial score (nSPS) is 11.9. The van der Waals surface area contributed by atoms with E-state index in [1.54, 1.807) is 0 Å². The van der Waals surface area contributed by atoms with Crippen LogP contribution in [0.15, 0.2) is 47.4 Å². The van der Waals surface area contributed by atoms with E-state index in [-0.39, 0.29) is 18.8 Å². The average molecular weight is 719 g/mol. The summed E-state index contributed by atoms with van der Waals surface area (Å²) in [6.07, 6.45) is 39.1. The molecule has 1 N–H and O–H groups in total. The molecule has 0 fully saturated rings. The van der Waals surface area contributed by atoms with E-state index in [1.807, 2.05) is 0 Å². The van der Waals surface area contributed by atoms with Crippen LogP contribution in [-0.2, 0) is 19.6 Å². The van der Waals surface area contributed by atoms with Crippen molar-refractivity contribution >= 4 is 22.1 Å². The van der Waals surface area contributed by atoms with Crippen LogP contribution in [0, 0.1) is 0 Å². The Hall–Kier alpha value is -2.45. The first-order chi connectivity index (χ1) is 24.3. The molecule has 0 aliphatic heterocycles. The fourth-order valence-electron chi connectivity index (χ4n) is 5.93. The van der Waals surface area contributed by atoms with Gasteiger partial charge in [-0.3, -0.25) is 4.55 Å². The molecule has 286 valence electrons. The number of benzene rings is 1. The van der Waals surface area contributed by atoms with E-state index in [1.165, 1.54) is 128 Å². The van der Waals surface area contributed by atoms with E-state index in [0.717, 1.165) is 44.6 Å². The Bertz CT molecular complexity index is 1170. The Kier molecular flexibility index (Phi) is 28.5. The third-order valence-electron chi connectivity index (χ3n) is 9.01. The molecule has 8 heteroatoms. The number of rotatable bonds is 33. The monoisotopic (exact) mass is 718 g/mol. The molecule has 0 atom stereocenters. The molecule has 0 aromatic heterocycles. The first-order valence-electron chi connectivity index (χ1n) is 20.1. The quantitative estimate of drug-likeness (QED) is 0.0333. The van der Waals surface area contributed by atoms with Crippen LogP contribution in [0.3, 0.4) is 0 Å². The first kappa shape index (κ1) is 45.6. The summed E-state index contributed by atoms with van der Waals surface area (Å²) >= 11 is 0. The second kappa shape index (κ2) is 31.3. The smallest absolute Gasteiger partial charge is 0.340 e. The zero-order chi connectivity index (χ0) is 36.5. The van der Waals surface area contributed by atoms with E-state index >= 15 is 0 Å². The van der Waals surface area contributed by atoms with Crippen molar-refractivity contribution in [2.75, 3.05) is 13.2 Å². The molecule has 0 radical (unpaired) electrons. The summed E-state index contributed by atoms with van der Waals surface area (Å²) in [4.78, 5) is 25.3. The lowest BCUT2D eigenvalue weighted by Gasteiger charge is -2.13. The van der Waals surface area contributed by atoms with Crippen molar-refractivity contribution in [2.24, 2.45) is 0 Å². The third-order valence-corrected chi connectivity index (χ3v) is 9.90. The van der Waals surface area contributed by atoms with E-state index in [2.05, 4.69) is 38.2 Å². The van der Waals surface area contributed by atoms with Crippen molar-refractivity contribution in [2.45, 2.75) is 186 Å². The standard InChI is InChI=1S/C42H70O7S/c1-3-5-7-9-11-13-15-17-19-21-23-25-27-29-31-36-48-41(43)38-34-33-35-39(50(45,46)47)40(38)42(44)49-37-32-30-28-26-24-22-20-18-16-14-12-10-8-6-4-2/h9-12,33-35H,3-8,13-32,36-37H2,1-2H3,(H,45,46,47)/b11-9+,12-10+. The number of esters is 2. The molecule has 0 aliphatic carbocycles. The van der Waals surface area contributed by atoms with E-state index in [0.29, 0.717) is 12.8 Å². The van der Waals surface area contributed by atoms with Crippen LogP contribution < -0.4 is 0 Å². The van der Waals surface area contributed by atoms with Crippen molar-refractivity contribution in [1.82, 2.24) is 0 Å². The van der Waals surface area contributed by atoms with Crippen LogP contribution in [0.1, 0.15) is 202 Å². The SMILES string of the molecule is CCCC/C=C/CCCCCCCCCCCOC(=O)c1cccc(S(=O)(=O)O)c1C(=O)OCCCCCCCCCCC/C=C/CCCC. The summed E-state index contributed by atoms with van der Waals surface area (Å²) in [5, 5.41) is 0. The van der Waals surface area contributed by atoms with Gasteiger partial charge in [0.1, 0.15) is 4.90 Å². The highest BCUT2D eigenvalue weighted by molar-refractivity contribution is 7.86. The minimum atomic E-state index is -4.76. The minimum absolute atomic E-state index is 0.107. The topological polar surface area (TPSA) is 107 Å². The Morgan fingerprint density at radius 3 is 1.30 bits per heavy atom. The molecule has 0 unspecified atom stereocenters. The van der Waals surface area contributed by atoms with Gasteiger partial charge in [0.15, 0.2) is 0 Å². The molecule has 7 nitrogen and oxygen atoms in total. The number of hydrogen-bond acceptors (Lipinski definition) is 6. The van der Waals surface area contributed by atoms with Crippen molar-refractivity contribution in [3.05, 3.63) is 53.6 Å². The third kappa shape index (κ3) is 23.9. The number of carbonyl (C=O) groups is 2. The lowest BCUT2D eigenvalue weighted by atomic mass is 10.1. The second-order valence-corrected chi connectivity index (χ2v) is 15.0. The van der Waals surface area contributed by atoms with Gasteiger partial charge in [0.2, 0.25) is 0 Å². The molecule has 0 bridgehead atoms. The average Bonchev–Trinajstić information content (AvgIpc) is 3.10. The largest absolute Gasteiger partial charge is 0.462 e. The number of allylic oxidation sites excluding steroid dienone is 4. The lowest BCUT2D eigenvalue weighted by molar-refractivity contribution is 0.0446. The van der Waals surface area contributed by atoms with Gasteiger partial charge in [0.25, 0.3) is 10.1 Å². The number of unbranched alkanes of at least 4 members (excludes halogenated alkanes) is 22. The Morgan fingerprint density at radius 1 is 0.540 bits per heavy atom. The van der Waals surface area contributed by atoms with Gasteiger partial charge in [-0.2, -0.15) is 8.42 Å². The van der Waals surface area contributed by atoms with Crippen molar-refractivity contribution in [1.29, 1.82) is 0 Å². The van der Waals surface area contributed by atoms with Crippen molar-refractivity contribution < 1.29 is 32.0 Å². The molecule has 1 aromatic carbocycles. The second-order valence-electron chi connectivity index (χ2n) is 13.6. The molecular formula is C42H70O7S. The molecule has 0 saturated carbocycles. The zero-order valence-electron chi connectivity index (χ0n) is 31.6. The predicted octanol–water partition coefficient (Wildman–Crippen LogP) is 12.5. The van der Waals surface area contributed by atoms with Crippen molar-refractivity contribution in [3.8, 4) is 0 Å². The maximum atomic E-state index is 13.0. The Labute approximate surface area is 305 Å². The molecule has 1 aromatic rings. The summed E-state index contributed by atoms with van der Waals surface area (Å²) < 4.78 is 44.7. The minimum Gasteiger partial charge on any atom is -0.462 e. The van der Waals surface area contributed by atoms with Crippen LogP contribution in [0.5, 0.6) is 0 Å². The maximum Gasteiger partial charge on any atom is 0.340 e. The molecule has 0 aliphatic rings. The number of hydrogen-bond donors (Lipinski definition) is 1. The van der Waals surface area contributed by atoms with Gasteiger partial charge in [-0.05, 0) is 63.5 Å². The van der Waals surface area contributed by atoms with Crippen LogP contribution in [0.2, 0.25) is 0 Å². The van der Waals surface area contributed by atoms with E-state index < -0.39 is 32.5 Å². The first-order valence-corrected chi connectivity index (χ1v) is 21.5. The summed E-state index contributed by atoms with van der Waals surface area (Å²) in [5.41, 5.74) is -0.682.